The zero-order valence-corrected chi connectivity index (χ0v) is 14.4. The first-order valence-corrected chi connectivity index (χ1v) is 7.96. The number of alkyl halides is 3. The Kier molecular flexibility index (Phi) is 6.19. The van der Waals surface area contributed by atoms with Crippen molar-refractivity contribution >= 4 is 17.5 Å². The predicted octanol–water partition coefficient (Wildman–Crippen LogP) is 3.36. The average Bonchev–Trinajstić information content (AvgIpc) is 2.64. The monoisotopic (exact) mass is 375 g/mol. The SMILES string of the molecule is CC(=O)N(CCNC(=O)c1ccc(C(F)(F)F)cc1)c1ccccc1C#N. The summed E-state index contributed by atoms with van der Waals surface area (Å²) >= 11 is 0. The maximum absolute atomic E-state index is 12.5. The third kappa shape index (κ3) is 5.07. The molecule has 0 radical (unpaired) electrons. The molecule has 8 heteroatoms. The van der Waals surface area contributed by atoms with Crippen molar-refractivity contribution in [3.05, 3.63) is 65.2 Å². The molecule has 2 rings (SSSR count). The van der Waals surface area contributed by atoms with Gasteiger partial charge < -0.3 is 10.2 Å². The molecule has 0 bridgehead atoms. The summed E-state index contributed by atoms with van der Waals surface area (Å²) in [5.74, 6) is -0.859. The summed E-state index contributed by atoms with van der Waals surface area (Å²) in [5.41, 5.74) is -0.0113. The Morgan fingerprint density at radius 3 is 2.30 bits per heavy atom. The van der Waals surface area contributed by atoms with Gasteiger partial charge in [-0.2, -0.15) is 18.4 Å². The molecule has 0 aromatic heterocycles. The number of amides is 2. The van der Waals surface area contributed by atoms with Crippen LogP contribution in [0.4, 0.5) is 18.9 Å². The molecule has 2 amide bonds. The first kappa shape index (κ1) is 20.0. The maximum atomic E-state index is 12.5. The average molecular weight is 375 g/mol. The lowest BCUT2D eigenvalue weighted by Gasteiger charge is -2.22. The number of nitrogens with one attached hydrogen (secondary N) is 1. The largest absolute Gasteiger partial charge is 0.416 e. The van der Waals surface area contributed by atoms with E-state index in [0.717, 1.165) is 24.3 Å². The van der Waals surface area contributed by atoms with Crippen LogP contribution in [0.15, 0.2) is 48.5 Å². The quantitative estimate of drug-likeness (QED) is 0.871. The molecule has 0 saturated carbocycles. The molecule has 2 aromatic rings. The van der Waals surface area contributed by atoms with Crippen molar-refractivity contribution in [3.8, 4) is 6.07 Å². The van der Waals surface area contributed by atoms with Gasteiger partial charge in [-0.15, -0.1) is 0 Å². The summed E-state index contributed by atoms with van der Waals surface area (Å²) in [6.07, 6.45) is -4.47. The van der Waals surface area contributed by atoms with Gasteiger partial charge in [0.15, 0.2) is 0 Å². The lowest BCUT2D eigenvalue weighted by atomic mass is 10.1. The summed E-state index contributed by atoms with van der Waals surface area (Å²) in [5, 5.41) is 11.7. The van der Waals surface area contributed by atoms with Crippen molar-refractivity contribution in [2.45, 2.75) is 13.1 Å². The smallest absolute Gasteiger partial charge is 0.350 e. The van der Waals surface area contributed by atoms with Crippen LogP contribution in [-0.4, -0.2) is 24.9 Å². The molecular weight excluding hydrogens is 359 g/mol. The molecule has 2 aromatic carbocycles. The summed E-state index contributed by atoms with van der Waals surface area (Å²) in [4.78, 5) is 25.3. The molecule has 5 nitrogen and oxygen atoms in total. The highest BCUT2D eigenvalue weighted by atomic mass is 19.4. The van der Waals surface area contributed by atoms with Crippen LogP contribution >= 0.6 is 0 Å². The fourth-order valence-corrected chi connectivity index (χ4v) is 2.44. The van der Waals surface area contributed by atoms with E-state index in [0.29, 0.717) is 11.3 Å². The number of benzene rings is 2. The molecule has 0 unspecified atom stereocenters. The van der Waals surface area contributed by atoms with Crippen LogP contribution in [0.1, 0.15) is 28.4 Å². The number of carbonyl (C=O) groups is 2. The van der Waals surface area contributed by atoms with Gasteiger partial charge in [0.25, 0.3) is 5.91 Å². The highest BCUT2D eigenvalue weighted by Crippen LogP contribution is 2.29. The Hall–Kier alpha value is -3.34. The first-order chi connectivity index (χ1) is 12.7. The van der Waals surface area contributed by atoms with Gasteiger partial charge >= 0.3 is 6.18 Å². The number of nitriles is 1. The molecule has 0 saturated heterocycles. The Labute approximate surface area is 154 Å². The number of halogens is 3. The van der Waals surface area contributed by atoms with E-state index in [2.05, 4.69) is 5.32 Å². The molecule has 0 aliphatic rings. The van der Waals surface area contributed by atoms with E-state index in [9.17, 15) is 22.8 Å². The Morgan fingerprint density at radius 1 is 1.11 bits per heavy atom. The fraction of sp³-hybridized carbons (Fsp3) is 0.211. The summed E-state index contributed by atoms with van der Waals surface area (Å²) in [6.45, 7) is 1.52. The second-order valence-electron chi connectivity index (χ2n) is 5.63. The minimum Gasteiger partial charge on any atom is -0.350 e. The van der Waals surface area contributed by atoms with E-state index >= 15 is 0 Å². The Morgan fingerprint density at radius 2 is 1.74 bits per heavy atom. The molecule has 0 aliphatic carbocycles. The normalized spacial score (nSPS) is 10.8. The Balaban J connectivity index is 2.02. The number of para-hydroxylation sites is 1. The summed E-state index contributed by atoms with van der Waals surface area (Å²) in [6, 6.07) is 12.4. The van der Waals surface area contributed by atoms with Crippen LogP contribution in [0.25, 0.3) is 0 Å². The van der Waals surface area contributed by atoms with E-state index in [4.69, 9.17) is 5.26 Å². The van der Waals surface area contributed by atoms with E-state index in [1.165, 1.54) is 11.8 Å². The van der Waals surface area contributed by atoms with Gasteiger partial charge in [0.1, 0.15) is 6.07 Å². The van der Waals surface area contributed by atoms with Crippen molar-refractivity contribution in [1.82, 2.24) is 5.32 Å². The number of rotatable bonds is 5. The van der Waals surface area contributed by atoms with Crippen LogP contribution in [0.5, 0.6) is 0 Å². The van der Waals surface area contributed by atoms with Crippen LogP contribution < -0.4 is 10.2 Å². The lowest BCUT2D eigenvalue weighted by molar-refractivity contribution is -0.137. The molecule has 0 atom stereocenters. The van der Waals surface area contributed by atoms with Gasteiger partial charge in [-0.25, -0.2) is 0 Å². The van der Waals surface area contributed by atoms with Crippen molar-refractivity contribution in [2.24, 2.45) is 0 Å². The van der Waals surface area contributed by atoms with Crippen molar-refractivity contribution in [3.63, 3.8) is 0 Å². The van der Waals surface area contributed by atoms with Crippen molar-refractivity contribution in [2.75, 3.05) is 18.0 Å². The third-order valence-electron chi connectivity index (χ3n) is 3.79. The summed E-state index contributed by atoms with van der Waals surface area (Å²) < 4.78 is 37.6. The number of hydrogen-bond donors (Lipinski definition) is 1. The molecule has 27 heavy (non-hydrogen) atoms. The minimum absolute atomic E-state index is 0.0686. The van der Waals surface area contributed by atoms with Crippen LogP contribution in [-0.2, 0) is 11.0 Å². The zero-order valence-electron chi connectivity index (χ0n) is 14.4. The number of hydrogen-bond acceptors (Lipinski definition) is 3. The van der Waals surface area contributed by atoms with Crippen molar-refractivity contribution in [1.29, 1.82) is 5.26 Å². The lowest BCUT2D eigenvalue weighted by Crippen LogP contribution is -2.38. The van der Waals surface area contributed by atoms with Gasteiger partial charge in [0.05, 0.1) is 16.8 Å². The van der Waals surface area contributed by atoms with E-state index in [1.54, 1.807) is 24.3 Å². The fourth-order valence-electron chi connectivity index (χ4n) is 2.44. The maximum Gasteiger partial charge on any atom is 0.416 e. The molecule has 140 valence electrons. The summed E-state index contributed by atoms with van der Waals surface area (Å²) in [7, 11) is 0. The van der Waals surface area contributed by atoms with E-state index in [-0.39, 0.29) is 24.6 Å². The topological polar surface area (TPSA) is 73.2 Å². The molecule has 0 fully saturated rings. The standard InChI is InChI=1S/C19H16F3N3O2/c1-13(26)25(17-5-3-2-4-15(17)12-23)11-10-24-18(27)14-6-8-16(9-7-14)19(20,21)22/h2-9H,10-11H2,1H3,(H,24,27). The minimum atomic E-state index is -4.47. The highest BCUT2D eigenvalue weighted by Gasteiger charge is 2.30. The molecule has 0 spiro atoms. The van der Waals surface area contributed by atoms with E-state index in [1.807, 2.05) is 6.07 Å². The van der Waals surface area contributed by atoms with Crippen LogP contribution in [0, 0.1) is 11.3 Å². The second-order valence-corrected chi connectivity index (χ2v) is 5.63. The van der Waals surface area contributed by atoms with Crippen molar-refractivity contribution < 1.29 is 22.8 Å². The van der Waals surface area contributed by atoms with Gasteiger partial charge in [-0.1, -0.05) is 12.1 Å². The van der Waals surface area contributed by atoms with Crippen LogP contribution in [0.2, 0.25) is 0 Å². The van der Waals surface area contributed by atoms with Gasteiger partial charge in [0, 0.05) is 25.6 Å². The first-order valence-electron chi connectivity index (χ1n) is 7.96. The van der Waals surface area contributed by atoms with Crippen LogP contribution in [0.3, 0.4) is 0 Å². The third-order valence-corrected chi connectivity index (χ3v) is 3.79. The predicted molar refractivity (Wildman–Crippen MR) is 93.0 cm³/mol. The molecule has 0 aliphatic heterocycles. The number of carbonyl (C=O) groups excluding carboxylic acids is 2. The number of anilines is 1. The molecular formula is C19H16F3N3O2. The molecule has 1 N–H and O–H groups in total. The number of nitrogens with zero attached hydrogens (tertiary/aromatic N) is 2. The molecule has 0 heterocycles. The van der Waals surface area contributed by atoms with Gasteiger partial charge in [0.2, 0.25) is 5.91 Å². The zero-order chi connectivity index (χ0) is 20.0. The second kappa shape index (κ2) is 8.36. The van der Waals surface area contributed by atoms with Gasteiger partial charge in [-0.05, 0) is 36.4 Å². The Bertz CT molecular complexity index is 871. The van der Waals surface area contributed by atoms with Gasteiger partial charge in [-0.3, -0.25) is 9.59 Å². The highest BCUT2D eigenvalue weighted by molar-refractivity contribution is 5.95. The van der Waals surface area contributed by atoms with E-state index < -0.39 is 17.6 Å².